The first-order valence-electron chi connectivity index (χ1n) is 7.41. The van der Waals surface area contributed by atoms with Gasteiger partial charge in [0.25, 0.3) is 0 Å². The van der Waals surface area contributed by atoms with E-state index >= 15 is 0 Å². The smallest absolute Gasteiger partial charge is 0.119 e. The molecule has 0 aliphatic heterocycles. The molecule has 1 aromatic rings. The van der Waals surface area contributed by atoms with Crippen molar-refractivity contribution in [1.82, 2.24) is 5.32 Å². The van der Waals surface area contributed by atoms with Crippen LogP contribution in [0.2, 0.25) is 0 Å². The van der Waals surface area contributed by atoms with Gasteiger partial charge in [0.1, 0.15) is 5.75 Å². The van der Waals surface area contributed by atoms with Crippen LogP contribution in [0.3, 0.4) is 0 Å². The first-order chi connectivity index (χ1) is 9.28. The van der Waals surface area contributed by atoms with Crippen molar-refractivity contribution in [1.29, 1.82) is 0 Å². The SMILES string of the molecule is CCOc1ccc(CCNC2CCC(O)CC2)cc1. The molecular weight excluding hydrogens is 238 g/mol. The normalized spacial score (nSPS) is 23.3. The van der Waals surface area contributed by atoms with Crippen LogP contribution in [0.1, 0.15) is 38.2 Å². The quantitative estimate of drug-likeness (QED) is 0.828. The summed E-state index contributed by atoms with van der Waals surface area (Å²) in [4.78, 5) is 0. The molecule has 0 unspecified atom stereocenters. The summed E-state index contributed by atoms with van der Waals surface area (Å²) in [5.41, 5.74) is 1.34. The number of ether oxygens (including phenoxy) is 1. The summed E-state index contributed by atoms with van der Waals surface area (Å²) in [6.07, 6.45) is 5.08. The third-order valence-electron chi connectivity index (χ3n) is 3.78. The van der Waals surface area contributed by atoms with E-state index in [1.165, 1.54) is 5.56 Å². The van der Waals surface area contributed by atoms with Gasteiger partial charge in [0.05, 0.1) is 12.7 Å². The number of rotatable bonds is 6. The summed E-state index contributed by atoms with van der Waals surface area (Å²) in [6, 6.07) is 8.94. The Hall–Kier alpha value is -1.06. The fourth-order valence-corrected chi connectivity index (χ4v) is 2.62. The first-order valence-corrected chi connectivity index (χ1v) is 7.41. The first kappa shape index (κ1) is 14.4. The lowest BCUT2D eigenvalue weighted by Crippen LogP contribution is -2.35. The van der Waals surface area contributed by atoms with Gasteiger partial charge < -0.3 is 15.2 Å². The van der Waals surface area contributed by atoms with Gasteiger partial charge in [-0.05, 0) is 63.3 Å². The van der Waals surface area contributed by atoms with Gasteiger partial charge in [-0.1, -0.05) is 12.1 Å². The standard InChI is InChI=1S/C16H25NO2/c1-2-19-16-9-3-13(4-10-16)11-12-17-14-5-7-15(18)8-6-14/h3-4,9-10,14-15,17-18H,2,5-8,11-12H2,1H3. The van der Waals surface area contributed by atoms with Crippen molar-refractivity contribution in [2.24, 2.45) is 0 Å². The van der Waals surface area contributed by atoms with Crippen molar-refractivity contribution in [2.45, 2.75) is 51.2 Å². The van der Waals surface area contributed by atoms with Crippen molar-refractivity contribution in [3.63, 3.8) is 0 Å². The summed E-state index contributed by atoms with van der Waals surface area (Å²) in [5, 5.41) is 13.0. The lowest BCUT2D eigenvalue weighted by atomic mass is 9.93. The summed E-state index contributed by atoms with van der Waals surface area (Å²) in [6.45, 7) is 3.72. The molecule has 0 atom stereocenters. The predicted molar refractivity (Wildman–Crippen MR) is 77.6 cm³/mol. The third-order valence-corrected chi connectivity index (χ3v) is 3.78. The van der Waals surface area contributed by atoms with Crippen LogP contribution in [-0.2, 0) is 6.42 Å². The minimum Gasteiger partial charge on any atom is -0.494 e. The zero-order chi connectivity index (χ0) is 13.5. The van der Waals surface area contributed by atoms with E-state index in [1.54, 1.807) is 0 Å². The van der Waals surface area contributed by atoms with E-state index in [0.29, 0.717) is 12.6 Å². The van der Waals surface area contributed by atoms with Crippen LogP contribution in [0, 0.1) is 0 Å². The Balaban J connectivity index is 1.67. The number of aliphatic hydroxyl groups is 1. The Morgan fingerprint density at radius 1 is 1.16 bits per heavy atom. The summed E-state index contributed by atoms with van der Waals surface area (Å²) >= 11 is 0. The van der Waals surface area contributed by atoms with Crippen LogP contribution in [0.25, 0.3) is 0 Å². The molecule has 1 aliphatic rings. The van der Waals surface area contributed by atoms with Gasteiger partial charge in [-0.3, -0.25) is 0 Å². The van der Waals surface area contributed by atoms with Crippen LogP contribution in [0.5, 0.6) is 5.75 Å². The van der Waals surface area contributed by atoms with Crippen molar-refractivity contribution in [2.75, 3.05) is 13.2 Å². The molecule has 1 aliphatic carbocycles. The Kier molecular flexibility index (Phi) is 5.67. The van der Waals surface area contributed by atoms with E-state index in [2.05, 4.69) is 17.4 Å². The maximum Gasteiger partial charge on any atom is 0.119 e. The van der Waals surface area contributed by atoms with E-state index in [0.717, 1.165) is 44.4 Å². The molecule has 0 heterocycles. The fraction of sp³-hybridized carbons (Fsp3) is 0.625. The lowest BCUT2D eigenvalue weighted by molar-refractivity contribution is 0.117. The number of nitrogens with one attached hydrogen (secondary N) is 1. The summed E-state index contributed by atoms with van der Waals surface area (Å²) in [5.74, 6) is 0.945. The molecule has 1 saturated carbocycles. The zero-order valence-electron chi connectivity index (χ0n) is 11.8. The van der Waals surface area contributed by atoms with Gasteiger partial charge in [-0.15, -0.1) is 0 Å². The molecule has 2 N–H and O–H groups in total. The van der Waals surface area contributed by atoms with Crippen LogP contribution in [-0.4, -0.2) is 30.4 Å². The second kappa shape index (κ2) is 7.51. The van der Waals surface area contributed by atoms with Crippen molar-refractivity contribution in [3.05, 3.63) is 29.8 Å². The minimum absolute atomic E-state index is 0.0656. The number of hydrogen-bond donors (Lipinski definition) is 2. The average Bonchev–Trinajstić information content (AvgIpc) is 2.43. The van der Waals surface area contributed by atoms with Gasteiger partial charge >= 0.3 is 0 Å². The molecule has 3 heteroatoms. The Morgan fingerprint density at radius 2 is 1.84 bits per heavy atom. The number of benzene rings is 1. The monoisotopic (exact) mass is 263 g/mol. The summed E-state index contributed by atoms with van der Waals surface area (Å²) in [7, 11) is 0. The molecule has 106 valence electrons. The highest BCUT2D eigenvalue weighted by Crippen LogP contribution is 2.18. The maximum atomic E-state index is 9.46. The zero-order valence-corrected chi connectivity index (χ0v) is 11.8. The molecular formula is C16H25NO2. The van der Waals surface area contributed by atoms with Crippen LogP contribution in [0.4, 0.5) is 0 Å². The van der Waals surface area contributed by atoms with Crippen LogP contribution >= 0.6 is 0 Å². The summed E-state index contributed by atoms with van der Waals surface area (Å²) < 4.78 is 5.43. The van der Waals surface area contributed by atoms with E-state index in [1.807, 2.05) is 19.1 Å². The van der Waals surface area contributed by atoms with E-state index in [-0.39, 0.29) is 6.10 Å². The van der Waals surface area contributed by atoms with Gasteiger partial charge in [-0.25, -0.2) is 0 Å². The second-order valence-corrected chi connectivity index (χ2v) is 5.29. The Morgan fingerprint density at radius 3 is 2.47 bits per heavy atom. The molecule has 1 fully saturated rings. The molecule has 0 saturated heterocycles. The number of aliphatic hydroxyl groups excluding tert-OH is 1. The molecule has 0 radical (unpaired) electrons. The lowest BCUT2D eigenvalue weighted by Gasteiger charge is -2.26. The third kappa shape index (κ3) is 4.84. The highest BCUT2D eigenvalue weighted by molar-refractivity contribution is 5.27. The molecule has 0 aromatic heterocycles. The minimum atomic E-state index is -0.0656. The molecule has 3 nitrogen and oxygen atoms in total. The predicted octanol–water partition coefficient (Wildman–Crippen LogP) is 2.52. The molecule has 19 heavy (non-hydrogen) atoms. The van der Waals surface area contributed by atoms with E-state index in [9.17, 15) is 5.11 Å². The van der Waals surface area contributed by atoms with Gasteiger partial charge in [0, 0.05) is 6.04 Å². The molecule has 1 aromatic carbocycles. The Labute approximate surface area is 116 Å². The van der Waals surface area contributed by atoms with Gasteiger partial charge in [0.2, 0.25) is 0 Å². The van der Waals surface area contributed by atoms with Crippen molar-refractivity contribution >= 4 is 0 Å². The highest BCUT2D eigenvalue weighted by Gasteiger charge is 2.18. The second-order valence-electron chi connectivity index (χ2n) is 5.29. The fourth-order valence-electron chi connectivity index (χ4n) is 2.62. The van der Waals surface area contributed by atoms with Gasteiger partial charge in [0.15, 0.2) is 0 Å². The topological polar surface area (TPSA) is 41.5 Å². The molecule has 2 rings (SSSR count). The largest absolute Gasteiger partial charge is 0.494 e. The molecule has 0 spiro atoms. The number of hydrogen-bond acceptors (Lipinski definition) is 3. The van der Waals surface area contributed by atoms with Crippen molar-refractivity contribution < 1.29 is 9.84 Å². The average molecular weight is 263 g/mol. The van der Waals surface area contributed by atoms with E-state index < -0.39 is 0 Å². The van der Waals surface area contributed by atoms with Crippen molar-refractivity contribution in [3.8, 4) is 5.75 Å². The maximum absolute atomic E-state index is 9.46. The van der Waals surface area contributed by atoms with Crippen LogP contribution < -0.4 is 10.1 Å². The molecule has 0 amide bonds. The Bertz CT molecular complexity index is 356. The van der Waals surface area contributed by atoms with Gasteiger partial charge in [-0.2, -0.15) is 0 Å². The highest BCUT2D eigenvalue weighted by atomic mass is 16.5. The molecule has 0 bridgehead atoms. The van der Waals surface area contributed by atoms with E-state index in [4.69, 9.17) is 4.74 Å². The van der Waals surface area contributed by atoms with Crippen LogP contribution in [0.15, 0.2) is 24.3 Å².